The Balaban J connectivity index is 1.95. The molecule has 2 fully saturated rings. The number of nitrogens with zero attached hydrogens (tertiary/aromatic N) is 2. The van der Waals surface area contributed by atoms with Crippen molar-refractivity contribution < 1.29 is 48.5 Å². The molecular formula is C21H28F5N3O6S. The molecule has 1 aliphatic carbocycles. The molecule has 1 atom stereocenters. The molecule has 1 aliphatic heterocycles. The lowest BCUT2D eigenvalue weighted by Gasteiger charge is -2.54. The molecular weight excluding hydrogens is 517 g/mol. The first-order valence-electron chi connectivity index (χ1n) is 10.9. The van der Waals surface area contributed by atoms with Crippen molar-refractivity contribution in [2.24, 2.45) is 5.92 Å². The van der Waals surface area contributed by atoms with Crippen molar-refractivity contribution in [3.63, 3.8) is 0 Å². The van der Waals surface area contributed by atoms with E-state index in [2.05, 4.69) is 0 Å². The van der Waals surface area contributed by atoms with Gasteiger partial charge < -0.3 is 14.4 Å². The normalized spacial score (nSPS) is 20.3. The van der Waals surface area contributed by atoms with Crippen LogP contribution in [0.5, 0.6) is 0 Å². The first-order chi connectivity index (χ1) is 16.3. The van der Waals surface area contributed by atoms with Gasteiger partial charge in [-0.05, 0) is 63.8 Å². The van der Waals surface area contributed by atoms with Crippen molar-refractivity contribution in [1.82, 2.24) is 10.4 Å². The summed E-state index contributed by atoms with van der Waals surface area (Å²) in [5, 5.41) is 9.37. The number of hydrogen-bond acceptors (Lipinski definition) is 6. The van der Waals surface area contributed by atoms with Crippen LogP contribution >= 0.6 is 10.2 Å². The van der Waals surface area contributed by atoms with E-state index in [1.54, 1.807) is 20.8 Å². The maximum Gasteiger partial charge on any atom is 0.410 e. The molecule has 1 aromatic rings. The fraction of sp³-hybridized carbons (Fsp3) is 0.571. The van der Waals surface area contributed by atoms with Gasteiger partial charge in [-0.25, -0.2) is 10.3 Å². The van der Waals surface area contributed by atoms with E-state index in [4.69, 9.17) is 9.47 Å². The molecule has 1 unspecified atom stereocenters. The minimum absolute atomic E-state index is 0.104. The molecule has 204 valence electrons. The molecule has 1 saturated carbocycles. The van der Waals surface area contributed by atoms with E-state index in [9.17, 15) is 39.0 Å². The summed E-state index contributed by atoms with van der Waals surface area (Å²) in [5.74, 6) is -0.977. The van der Waals surface area contributed by atoms with Crippen LogP contribution in [0.15, 0.2) is 29.2 Å². The highest BCUT2D eigenvalue weighted by Gasteiger charge is 2.65. The fourth-order valence-corrected chi connectivity index (χ4v) is 4.44. The lowest BCUT2D eigenvalue weighted by Crippen LogP contribution is -2.76. The number of likely N-dealkylation sites (tertiary alicyclic amines) is 1. The number of hydroxylamine groups is 1. The molecule has 1 aromatic carbocycles. The van der Waals surface area contributed by atoms with Crippen molar-refractivity contribution in [3.8, 4) is 0 Å². The Morgan fingerprint density at radius 1 is 1.19 bits per heavy atom. The van der Waals surface area contributed by atoms with Crippen LogP contribution in [0, 0.1) is 5.92 Å². The van der Waals surface area contributed by atoms with E-state index in [-0.39, 0.29) is 49.8 Å². The van der Waals surface area contributed by atoms with E-state index < -0.39 is 44.4 Å². The molecule has 0 radical (unpaired) electrons. The van der Waals surface area contributed by atoms with Crippen molar-refractivity contribution in [3.05, 3.63) is 24.3 Å². The van der Waals surface area contributed by atoms with Crippen molar-refractivity contribution in [2.75, 3.05) is 24.6 Å². The van der Waals surface area contributed by atoms with Gasteiger partial charge in [0, 0.05) is 5.69 Å². The highest BCUT2D eigenvalue weighted by Crippen LogP contribution is 3.02. The molecule has 3 rings (SSSR count). The predicted octanol–water partition coefficient (Wildman–Crippen LogP) is 4.60. The number of rotatable bonds is 9. The van der Waals surface area contributed by atoms with E-state index in [0.29, 0.717) is 17.0 Å². The highest BCUT2D eigenvalue weighted by molar-refractivity contribution is 8.45. The quantitative estimate of drug-likeness (QED) is 0.203. The third-order valence-corrected chi connectivity index (χ3v) is 6.86. The summed E-state index contributed by atoms with van der Waals surface area (Å²) >= 11 is 0. The van der Waals surface area contributed by atoms with Gasteiger partial charge in [0.2, 0.25) is 6.41 Å². The standard InChI is InChI=1S/C21H28F5N3O6S/c1-20(2,3)35-19(32)28-11-21(12-28,34-10-14-4-5-14)17(18(31)27-33)29(13-30)15-6-8-16(9-7-15)36(22,23,24,25)26/h6-9,13-14,17,33H,4-5,10-12H2,1-3H3,(H,27,31). The van der Waals surface area contributed by atoms with Gasteiger partial charge in [0.05, 0.1) is 19.7 Å². The number of anilines is 1. The van der Waals surface area contributed by atoms with Crippen LogP contribution in [0.2, 0.25) is 0 Å². The molecule has 1 heterocycles. The predicted molar refractivity (Wildman–Crippen MR) is 119 cm³/mol. The van der Waals surface area contributed by atoms with Gasteiger partial charge in [-0.2, -0.15) is 0 Å². The van der Waals surface area contributed by atoms with Crippen molar-refractivity contribution in [2.45, 2.75) is 55.8 Å². The first kappa shape index (κ1) is 27.9. The minimum Gasteiger partial charge on any atom is -0.444 e. The van der Waals surface area contributed by atoms with Crippen LogP contribution < -0.4 is 10.4 Å². The zero-order chi connectivity index (χ0) is 27.2. The van der Waals surface area contributed by atoms with Crippen LogP contribution in [0.4, 0.5) is 29.9 Å². The molecule has 0 aromatic heterocycles. The summed E-state index contributed by atoms with van der Waals surface area (Å²) in [5.41, 5.74) is -1.32. The van der Waals surface area contributed by atoms with Gasteiger partial charge in [-0.3, -0.25) is 19.7 Å². The molecule has 0 bridgehead atoms. The zero-order valence-electron chi connectivity index (χ0n) is 19.8. The first-order valence-corrected chi connectivity index (χ1v) is 12.9. The summed E-state index contributed by atoms with van der Waals surface area (Å²) in [6.07, 6.45) is 1.09. The fourth-order valence-electron chi connectivity index (χ4n) is 3.79. The molecule has 15 heteroatoms. The van der Waals surface area contributed by atoms with Crippen LogP contribution in [-0.4, -0.2) is 65.5 Å². The van der Waals surface area contributed by atoms with Gasteiger partial charge in [-0.15, -0.1) is 0 Å². The summed E-state index contributed by atoms with van der Waals surface area (Å²) in [6.45, 7) is 4.60. The van der Waals surface area contributed by atoms with Crippen LogP contribution in [0.25, 0.3) is 0 Å². The Morgan fingerprint density at radius 2 is 1.75 bits per heavy atom. The Bertz CT molecular complexity index is 1020. The van der Waals surface area contributed by atoms with Crippen LogP contribution in [-0.2, 0) is 19.1 Å². The maximum atomic E-state index is 13.1. The average Bonchev–Trinajstić information content (AvgIpc) is 3.53. The van der Waals surface area contributed by atoms with Crippen LogP contribution in [0.1, 0.15) is 33.6 Å². The lowest BCUT2D eigenvalue weighted by atomic mass is 9.83. The Morgan fingerprint density at radius 3 is 2.17 bits per heavy atom. The Labute approximate surface area is 204 Å². The van der Waals surface area contributed by atoms with Gasteiger partial charge in [-0.1, -0.05) is 19.4 Å². The highest BCUT2D eigenvalue weighted by atomic mass is 32.5. The Kier molecular flexibility index (Phi) is 6.55. The van der Waals surface area contributed by atoms with Gasteiger partial charge in [0.15, 0.2) is 0 Å². The number of halogens is 5. The van der Waals surface area contributed by atoms with E-state index in [1.165, 1.54) is 10.4 Å². The molecule has 9 nitrogen and oxygen atoms in total. The van der Waals surface area contributed by atoms with Gasteiger partial charge in [0.25, 0.3) is 5.91 Å². The van der Waals surface area contributed by atoms with Gasteiger partial charge >= 0.3 is 16.3 Å². The monoisotopic (exact) mass is 545 g/mol. The lowest BCUT2D eigenvalue weighted by molar-refractivity contribution is -0.170. The third-order valence-electron chi connectivity index (χ3n) is 5.70. The second-order valence-electron chi connectivity index (χ2n) is 10.0. The number of hydrogen-bond donors (Lipinski definition) is 2. The second kappa shape index (κ2) is 8.45. The molecule has 0 spiro atoms. The summed E-state index contributed by atoms with van der Waals surface area (Å²) < 4.78 is 76.9. The molecule has 3 amide bonds. The van der Waals surface area contributed by atoms with E-state index in [1.807, 2.05) is 0 Å². The molecule has 2 N–H and O–H groups in total. The zero-order valence-corrected chi connectivity index (χ0v) is 20.6. The average molecular weight is 546 g/mol. The van der Waals surface area contributed by atoms with Crippen LogP contribution in [0.3, 0.4) is 0 Å². The number of benzene rings is 1. The number of carbonyl (C=O) groups excluding carboxylic acids is 3. The second-order valence-corrected chi connectivity index (χ2v) is 12.4. The van der Waals surface area contributed by atoms with Gasteiger partial charge in [0.1, 0.15) is 22.1 Å². The molecule has 1 saturated heterocycles. The summed E-state index contributed by atoms with van der Waals surface area (Å²) in [7, 11) is -9.97. The minimum atomic E-state index is -9.97. The number of nitrogens with one attached hydrogen (secondary N) is 1. The van der Waals surface area contributed by atoms with E-state index in [0.717, 1.165) is 12.8 Å². The van der Waals surface area contributed by atoms with E-state index >= 15 is 0 Å². The smallest absolute Gasteiger partial charge is 0.410 e. The summed E-state index contributed by atoms with van der Waals surface area (Å²) in [6, 6.07) is -0.237. The molecule has 36 heavy (non-hydrogen) atoms. The molecule has 2 aliphatic rings. The van der Waals surface area contributed by atoms with Crippen molar-refractivity contribution in [1.29, 1.82) is 0 Å². The SMILES string of the molecule is CC(C)(C)OC(=O)N1CC(OCC2CC2)(C(C(=O)NO)N(C=O)c2ccc(S(F)(F)(F)(F)F)cc2)C1. The number of ether oxygens (including phenoxy) is 2. The summed E-state index contributed by atoms with van der Waals surface area (Å²) in [4.78, 5) is 37.0. The largest absolute Gasteiger partial charge is 0.444 e. The third kappa shape index (κ3) is 6.37. The maximum absolute atomic E-state index is 13.1. The van der Waals surface area contributed by atoms with Crippen molar-refractivity contribution >= 4 is 34.3 Å². The number of carbonyl (C=O) groups is 3. The topological polar surface area (TPSA) is 108 Å². The Hall–Kier alpha value is -2.65. The number of amides is 3.